The molecule has 0 aromatic rings. The first kappa shape index (κ1) is 15.2. The van der Waals surface area contributed by atoms with Crippen molar-refractivity contribution in [1.82, 2.24) is 0 Å². The standard InChI is InChI=1S/C16H27NO/c1-6-15(17)12(5)13-8-9-14(13)16(7-2)18-10-11(3)4/h7-9,11-12,15-16H,2,6,10,17H2,1,3-5H3/t12-,15+,16?/m0/s1. The Bertz CT molecular complexity index is 341. The number of rotatable bonds is 8. The fourth-order valence-corrected chi connectivity index (χ4v) is 2.11. The van der Waals surface area contributed by atoms with Gasteiger partial charge in [-0.1, -0.05) is 45.9 Å². The van der Waals surface area contributed by atoms with Crippen molar-refractivity contribution in [3.05, 3.63) is 36.0 Å². The molecule has 0 radical (unpaired) electrons. The zero-order valence-electron chi connectivity index (χ0n) is 12.1. The van der Waals surface area contributed by atoms with Gasteiger partial charge in [0.15, 0.2) is 0 Å². The van der Waals surface area contributed by atoms with Crippen LogP contribution in [0.5, 0.6) is 0 Å². The smallest absolute Gasteiger partial charge is 0.101 e. The predicted octanol–water partition coefficient (Wildman–Crippen LogP) is 3.45. The van der Waals surface area contributed by atoms with Gasteiger partial charge in [-0.05, 0) is 29.4 Å². The number of allylic oxidation sites excluding steroid dienone is 2. The normalized spacial score (nSPS) is 19.7. The zero-order valence-corrected chi connectivity index (χ0v) is 12.1. The van der Waals surface area contributed by atoms with E-state index in [0.29, 0.717) is 11.8 Å². The fourth-order valence-electron chi connectivity index (χ4n) is 2.11. The van der Waals surface area contributed by atoms with Crippen molar-refractivity contribution in [2.24, 2.45) is 17.6 Å². The van der Waals surface area contributed by atoms with E-state index >= 15 is 0 Å². The first-order chi connectivity index (χ1) is 8.51. The van der Waals surface area contributed by atoms with Crippen molar-refractivity contribution in [3.63, 3.8) is 0 Å². The van der Waals surface area contributed by atoms with Gasteiger partial charge in [-0.3, -0.25) is 0 Å². The lowest BCUT2D eigenvalue weighted by atomic mass is 9.79. The highest BCUT2D eigenvalue weighted by molar-refractivity contribution is 5.50. The van der Waals surface area contributed by atoms with E-state index in [1.807, 2.05) is 6.08 Å². The van der Waals surface area contributed by atoms with Gasteiger partial charge >= 0.3 is 0 Å². The highest BCUT2D eigenvalue weighted by Crippen LogP contribution is 2.33. The lowest BCUT2D eigenvalue weighted by Gasteiger charge is -2.31. The van der Waals surface area contributed by atoms with Crippen LogP contribution in [0, 0.1) is 11.8 Å². The van der Waals surface area contributed by atoms with E-state index in [4.69, 9.17) is 10.5 Å². The Kier molecular flexibility index (Phi) is 5.83. The molecular formula is C16H27NO. The largest absolute Gasteiger partial charge is 0.369 e. The minimum Gasteiger partial charge on any atom is -0.369 e. The van der Waals surface area contributed by atoms with Crippen LogP contribution >= 0.6 is 0 Å². The Hall–Kier alpha value is -0.860. The molecule has 18 heavy (non-hydrogen) atoms. The second kappa shape index (κ2) is 6.91. The first-order valence-electron chi connectivity index (χ1n) is 6.93. The van der Waals surface area contributed by atoms with Crippen LogP contribution in [0.15, 0.2) is 36.0 Å². The van der Waals surface area contributed by atoms with Gasteiger partial charge < -0.3 is 10.5 Å². The highest BCUT2D eigenvalue weighted by Gasteiger charge is 2.26. The topological polar surface area (TPSA) is 35.2 Å². The third-order valence-electron chi connectivity index (χ3n) is 3.51. The van der Waals surface area contributed by atoms with Gasteiger partial charge in [0, 0.05) is 6.04 Å². The Balaban J connectivity index is 2.59. The molecule has 0 aromatic heterocycles. The quantitative estimate of drug-likeness (QED) is 0.669. The number of ether oxygens (including phenoxy) is 1. The van der Waals surface area contributed by atoms with Crippen LogP contribution in [0.4, 0.5) is 0 Å². The van der Waals surface area contributed by atoms with Gasteiger partial charge in [-0.15, -0.1) is 6.58 Å². The van der Waals surface area contributed by atoms with E-state index in [9.17, 15) is 0 Å². The minimum atomic E-state index is 0.0129. The van der Waals surface area contributed by atoms with Gasteiger partial charge in [-0.2, -0.15) is 0 Å². The van der Waals surface area contributed by atoms with Crippen LogP contribution in [-0.4, -0.2) is 18.8 Å². The number of nitrogens with two attached hydrogens (primary N) is 1. The molecule has 2 nitrogen and oxygen atoms in total. The SMILES string of the molecule is C=CC(OCC(C)C)C1=CC=C1[C@H](C)[C@H](N)CC. The second-order valence-corrected chi connectivity index (χ2v) is 5.49. The monoisotopic (exact) mass is 249 g/mol. The molecule has 0 heterocycles. The van der Waals surface area contributed by atoms with Crippen LogP contribution < -0.4 is 5.73 Å². The molecule has 1 aliphatic carbocycles. The van der Waals surface area contributed by atoms with Crippen molar-refractivity contribution in [3.8, 4) is 0 Å². The predicted molar refractivity (Wildman–Crippen MR) is 78.4 cm³/mol. The van der Waals surface area contributed by atoms with Crippen molar-refractivity contribution in [1.29, 1.82) is 0 Å². The molecule has 0 amide bonds. The summed E-state index contributed by atoms with van der Waals surface area (Å²) >= 11 is 0. The van der Waals surface area contributed by atoms with Gasteiger partial charge in [0.05, 0.1) is 6.61 Å². The van der Waals surface area contributed by atoms with E-state index in [2.05, 4.69) is 46.4 Å². The summed E-state index contributed by atoms with van der Waals surface area (Å²) in [7, 11) is 0. The number of hydrogen-bond donors (Lipinski definition) is 1. The third-order valence-corrected chi connectivity index (χ3v) is 3.51. The molecule has 0 fully saturated rings. The molecular weight excluding hydrogens is 222 g/mol. The fraction of sp³-hybridized carbons (Fsp3) is 0.625. The summed E-state index contributed by atoms with van der Waals surface area (Å²) in [5.74, 6) is 0.927. The Labute approximate surface area is 112 Å². The molecule has 0 aromatic carbocycles. The summed E-state index contributed by atoms with van der Waals surface area (Å²) in [6, 6.07) is 0.218. The summed E-state index contributed by atoms with van der Waals surface area (Å²) in [6.45, 7) is 13.3. The van der Waals surface area contributed by atoms with Gasteiger partial charge in [0.1, 0.15) is 6.10 Å². The van der Waals surface area contributed by atoms with E-state index < -0.39 is 0 Å². The Morgan fingerprint density at radius 1 is 1.28 bits per heavy atom. The second-order valence-electron chi connectivity index (χ2n) is 5.49. The highest BCUT2D eigenvalue weighted by atomic mass is 16.5. The maximum Gasteiger partial charge on any atom is 0.101 e. The third kappa shape index (κ3) is 3.56. The molecule has 0 saturated carbocycles. The zero-order chi connectivity index (χ0) is 13.7. The summed E-state index contributed by atoms with van der Waals surface area (Å²) in [6.07, 6.45) is 7.17. The van der Waals surface area contributed by atoms with Gasteiger partial charge in [-0.25, -0.2) is 0 Å². The van der Waals surface area contributed by atoms with E-state index in [1.54, 1.807) is 0 Å². The van der Waals surface area contributed by atoms with Crippen LogP contribution in [0.3, 0.4) is 0 Å². The molecule has 3 atom stereocenters. The van der Waals surface area contributed by atoms with E-state index in [0.717, 1.165) is 13.0 Å². The van der Waals surface area contributed by atoms with Crippen LogP contribution in [-0.2, 0) is 4.74 Å². The van der Waals surface area contributed by atoms with E-state index in [-0.39, 0.29) is 12.1 Å². The van der Waals surface area contributed by atoms with Crippen molar-refractivity contribution in [2.45, 2.75) is 46.3 Å². The molecule has 1 rings (SSSR count). The molecule has 2 N–H and O–H groups in total. The summed E-state index contributed by atoms with van der Waals surface area (Å²) < 4.78 is 5.88. The molecule has 1 unspecified atom stereocenters. The summed E-state index contributed by atoms with van der Waals surface area (Å²) in [4.78, 5) is 0. The minimum absolute atomic E-state index is 0.0129. The van der Waals surface area contributed by atoms with E-state index in [1.165, 1.54) is 11.1 Å². The Morgan fingerprint density at radius 3 is 2.28 bits per heavy atom. The van der Waals surface area contributed by atoms with Crippen molar-refractivity contribution >= 4 is 0 Å². The lowest BCUT2D eigenvalue weighted by molar-refractivity contribution is 0.0856. The van der Waals surface area contributed by atoms with Crippen LogP contribution in [0.2, 0.25) is 0 Å². The Morgan fingerprint density at radius 2 is 1.89 bits per heavy atom. The molecule has 0 spiro atoms. The first-order valence-corrected chi connectivity index (χ1v) is 6.93. The van der Waals surface area contributed by atoms with Crippen LogP contribution in [0.1, 0.15) is 34.1 Å². The maximum atomic E-state index is 6.12. The van der Waals surface area contributed by atoms with Gasteiger partial charge in [0.25, 0.3) is 0 Å². The summed E-state index contributed by atoms with van der Waals surface area (Å²) in [5, 5.41) is 0. The molecule has 2 heteroatoms. The van der Waals surface area contributed by atoms with Gasteiger partial charge in [0.2, 0.25) is 0 Å². The van der Waals surface area contributed by atoms with Crippen molar-refractivity contribution in [2.75, 3.05) is 6.61 Å². The number of hydrogen-bond acceptors (Lipinski definition) is 2. The van der Waals surface area contributed by atoms with Crippen molar-refractivity contribution < 1.29 is 4.74 Å². The summed E-state index contributed by atoms with van der Waals surface area (Å²) in [5.41, 5.74) is 8.70. The average Bonchev–Trinajstić information content (AvgIpc) is 2.31. The molecule has 0 saturated heterocycles. The molecule has 102 valence electrons. The molecule has 1 aliphatic rings. The lowest BCUT2D eigenvalue weighted by Crippen LogP contribution is -2.32. The maximum absolute atomic E-state index is 6.12. The van der Waals surface area contributed by atoms with Crippen LogP contribution in [0.25, 0.3) is 0 Å². The molecule has 0 aliphatic heterocycles. The average molecular weight is 249 g/mol. The molecule has 0 bridgehead atoms.